The SMILES string of the molecule is CNC(=O)C[C@@]12CCC(=O)C[C@H]1OCc1ccc(OC)c(O)c12. The highest BCUT2D eigenvalue weighted by Gasteiger charge is 2.51. The van der Waals surface area contributed by atoms with Crippen LogP contribution in [0.3, 0.4) is 0 Å². The van der Waals surface area contributed by atoms with Crippen molar-refractivity contribution >= 4 is 11.7 Å². The van der Waals surface area contributed by atoms with Crippen LogP contribution in [0.5, 0.6) is 11.5 Å². The van der Waals surface area contributed by atoms with Crippen LogP contribution in [0.1, 0.15) is 36.8 Å². The van der Waals surface area contributed by atoms with E-state index in [4.69, 9.17) is 9.47 Å². The lowest BCUT2D eigenvalue weighted by Gasteiger charge is -2.47. The number of Topliss-reactive ketones (excluding diaryl/α,β-unsaturated/α-hetero) is 1. The maximum Gasteiger partial charge on any atom is 0.220 e. The number of rotatable bonds is 3. The molecule has 0 spiro atoms. The predicted octanol–water partition coefficient (Wildman–Crippen LogP) is 1.43. The summed E-state index contributed by atoms with van der Waals surface area (Å²) in [7, 11) is 3.08. The van der Waals surface area contributed by atoms with Crippen molar-refractivity contribution in [1.82, 2.24) is 5.32 Å². The normalized spacial score (nSPS) is 26.2. The maximum atomic E-state index is 12.1. The summed E-state index contributed by atoms with van der Waals surface area (Å²) in [5.74, 6) is 0.422. The van der Waals surface area contributed by atoms with Gasteiger partial charge in [0.15, 0.2) is 11.5 Å². The Bertz CT molecular complexity index is 657. The predicted molar refractivity (Wildman–Crippen MR) is 82.5 cm³/mol. The smallest absolute Gasteiger partial charge is 0.220 e. The zero-order valence-corrected chi connectivity index (χ0v) is 13.3. The number of nitrogens with one attached hydrogen (secondary N) is 1. The van der Waals surface area contributed by atoms with Crippen molar-refractivity contribution in [3.63, 3.8) is 0 Å². The number of phenols is 1. The number of ether oxygens (including phenoxy) is 2. The number of fused-ring (bicyclic) bond motifs is 3. The topological polar surface area (TPSA) is 84.9 Å². The quantitative estimate of drug-likeness (QED) is 0.880. The van der Waals surface area contributed by atoms with Crippen molar-refractivity contribution in [1.29, 1.82) is 0 Å². The third-order valence-corrected chi connectivity index (χ3v) is 5.02. The number of amides is 1. The second kappa shape index (κ2) is 5.85. The summed E-state index contributed by atoms with van der Waals surface area (Å²) < 4.78 is 11.1. The fourth-order valence-corrected chi connectivity index (χ4v) is 3.84. The molecule has 1 saturated carbocycles. The minimum absolute atomic E-state index is 0.0524. The molecule has 1 amide bonds. The molecule has 0 radical (unpaired) electrons. The highest BCUT2D eigenvalue weighted by Crippen LogP contribution is 2.52. The Hall–Kier alpha value is -2.08. The van der Waals surface area contributed by atoms with Crippen LogP contribution in [0.2, 0.25) is 0 Å². The van der Waals surface area contributed by atoms with Crippen molar-refractivity contribution in [2.45, 2.75) is 43.8 Å². The molecule has 3 rings (SSSR count). The lowest BCUT2D eigenvalue weighted by molar-refractivity contribution is -0.137. The monoisotopic (exact) mass is 319 g/mol. The number of benzene rings is 1. The summed E-state index contributed by atoms with van der Waals surface area (Å²) in [6, 6.07) is 3.55. The molecule has 1 aromatic carbocycles. The summed E-state index contributed by atoms with van der Waals surface area (Å²) >= 11 is 0. The van der Waals surface area contributed by atoms with Crippen molar-refractivity contribution in [3.05, 3.63) is 23.3 Å². The van der Waals surface area contributed by atoms with E-state index in [1.807, 2.05) is 6.07 Å². The number of aromatic hydroxyl groups is 1. The Labute approximate surface area is 134 Å². The molecule has 2 atom stereocenters. The van der Waals surface area contributed by atoms with Gasteiger partial charge in [-0.25, -0.2) is 0 Å². The first-order valence-corrected chi connectivity index (χ1v) is 7.75. The van der Waals surface area contributed by atoms with E-state index in [0.717, 1.165) is 5.56 Å². The average molecular weight is 319 g/mol. The standard InChI is InChI=1S/C17H21NO5/c1-18-14(20)8-17-6-5-11(19)7-13(17)23-9-10-3-4-12(22-2)16(21)15(10)17/h3-4,13,21H,5-9H2,1-2H3,(H,18,20)/t13-,17+/m1/s1. The van der Waals surface area contributed by atoms with Crippen LogP contribution in [-0.2, 0) is 26.3 Å². The number of carbonyl (C=O) groups excluding carboxylic acids is 2. The zero-order chi connectivity index (χ0) is 16.6. The van der Waals surface area contributed by atoms with Crippen molar-refractivity contribution < 1.29 is 24.2 Å². The minimum atomic E-state index is -0.694. The average Bonchev–Trinajstić information content (AvgIpc) is 2.55. The second-order valence-corrected chi connectivity index (χ2v) is 6.20. The first-order valence-electron chi connectivity index (χ1n) is 7.75. The van der Waals surface area contributed by atoms with Crippen LogP contribution in [0.15, 0.2) is 12.1 Å². The number of phenolic OH excluding ortho intramolecular Hbond substituents is 1. The number of hydrogen-bond donors (Lipinski definition) is 2. The third-order valence-electron chi connectivity index (χ3n) is 5.02. The molecule has 0 aromatic heterocycles. The molecule has 2 aliphatic rings. The second-order valence-electron chi connectivity index (χ2n) is 6.20. The molecular formula is C17H21NO5. The van der Waals surface area contributed by atoms with E-state index in [2.05, 4.69) is 5.32 Å². The molecule has 6 heteroatoms. The highest BCUT2D eigenvalue weighted by atomic mass is 16.5. The van der Waals surface area contributed by atoms with Crippen molar-refractivity contribution in [3.8, 4) is 11.5 Å². The molecule has 1 aliphatic heterocycles. The Morgan fingerprint density at radius 2 is 2.30 bits per heavy atom. The summed E-state index contributed by atoms with van der Waals surface area (Å²) in [4.78, 5) is 24.0. The van der Waals surface area contributed by atoms with Crippen LogP contribution in [-0.4, -0.2) is 37.1 Å². The van der Waals surface area contributed by atoms with Gasteiger partial charge in [0, 0.05) is 37.3 Å². The molecule has 1 aromatic rings. The molecule has 0 bridgehead atoms. The third kappa shape index (κ3) is 2.47. The lowest BCUT2D eigenvalue weighted by atomic mass is 9.62. The van der Waals surface area contributed by atoms with E-state index in [0.29, 0.717) is 30.8 Å². The lowest BCUT2D eigenvalue weighted by Crippen LogP contribution is -2.51. The number of hydrogen-bond acceptors (Lipinski definition) is 5. The van der Waals surface area contributed by atoms with Gasteiger partial charge in [0.05, 0.1) is 19.8 Å². The van der Waals surface area contributed by atoms with Gasteiger partial charge in [-0.05, 0) is 18.1 Å². The Morgan fingerprint density at radius 3 is 3.00 bits per heavy atom. The maximum absolute atomic E-state index is 12.1. The summed E-state index contributed by atoms with van der Waals surface area (Å²) in [6.07, 6.45) is 0.916. The van der Waals surface area contributed by atoms with Crippen LogP contribution >= 0.6 is 0 Å². The van der Waals surface area contributed by atoms with Crippen LogP contribution in [0.4, 0.5) is 0 Å². The van der Waals surface area contributed by atoms with Crippen molar-refractivity contribution in [2.24, 2.45) is 0 Å². The fraction of sp³-hybridized carbons (Fsp3) is 0.529. The zero-order valence-electron chi connectivity index (χ0n) is 13.3. The molecule has 124 valence electrons. The van der Waals surface area contributed by atoms with E-state index in [1.165, 1.54) is 7.11 Å². The van der Waals surface area contributed by atoms with E-state index in [1.54, 1.807) is 13.1 Å². The van der Waals surface area contributed by atoms with Gasteiger partial charge in [-0.15, -0.1) is 0 Å². The molecule has 2 N–H and O–H groups in total. The van der Waals surface area contributed by atoms with Crippen molar-refractivity contribution in [2.75, 3.05) is 14.2 Å². The molecular weight excluding hydrogens is 298 g/mol. The van der Waals surface area contributed by atoms with Gasteiger partial charge in [0.25, 0.3) is 0 Å². The molecule has 23 heavy (non-hydrogen) atoms. The number of ketones is 1. The first kappa shape index (κ1) is 15.8. The van der Waals surface area contributed by atoms with Gasteiger partial charge in [-0.3, -0.25) is 9.59 Å². The van der Waals surface area contributed by atoms with Gasteiger partial charge < -0.3 is 19.9 Å². The van der Waals surface area contributed by atoms with Gasteiger partial charge >= 0.3 is 0 Å². The van der Waals surface area contributed by atoms with Gasteiger partial charge in [0.2, 0.25) is 5.91 Å². The van der Waals surface area contributed by atoms with Crippen LogP contribution in [0, 0.1) is 0 Å². The van der Waals surface area contributed by atoms with E-state index < -0.39 is 11.5 Å². The van der Waals surface area contributed by atoms with E-state index in [9.17, 15) is 14.7 Å². The Kier molecular flexibility index (Phi) is 4.02. The van der Waals surface area contributed by atoms with Crippen LogP contribution < -0.4 is 10.1 Å². The van der Waals surface area contributed by atoms with Gasteiger partial charge in [-0.1, -0.05) is 6.07 Å². The molecule has 0 unspecified atom stereocenters. The molecule has 1 heterocycles. The molecule has 1 fully saturated rings. The summed E-state index contributed by atoms with van der Waals surface area (Å²) in [5, 5.41) is 13.3. The number of carbonyl (C=O) groups is 2. The Morgan fingerprint density at radius 1 is 1.52 bits per heavy atom. The fourth-order valence-electron chi connectivity index (χ4n) is 3.84. The van der Waals surface area contributed by atoms with Gasteiger partial charge in [-0.2, -0.15) is 0 Å². The molecule has 0 saturated heterocycles. The molecule has 1 aliphatic carbocycles. The highest BCUT2D eigenvalue weighted by molar-refractivity contribution is 5.83. The summed E-state index contributed by atoms with van der Waals surface area (Å²) in [6.45, 7) is 0.320. The van der Waals surface area contributed by atoms with Gasteiger partial charge in [0.1, 0.15) is 5.78 Å². The summed E-state index contributed by atoms with van der Waals surface area (Å²) in [5.41, 5.74) is 0.849. The largest absolute Gasteiger partial charge is 0.504 e. The molecule has 6 nitrogen and oxygen atoms in total. The van der Waals surface area contributed by atoms with E-state index in [-0.39, 0.29) is 30.3 Å². The first-order chi connectivity index (χ1) is 11.0. The van der Waals surface area contributed by atoms with E-state index >= 15 is 0 Å². The van der Waals surface area contributed by atoms with Crippen LogP contribution in [0.25, 0.3) is 0 Å². The number of methoxy groups -OCH3 is 1. The minimum Gasteiger partial charge on any atom is -0.504 e. The Balaban J connectivity index is 2.17.